The van der Waals surface area contributed by atoms with E-state index in [0.29, 0.717) is 6.54 Å². The minimum atomic E-state index is -0.0896. The van der Waals surface area contributed by atoms with E-state index in [-0.39, 0.29) is 12.5 Å². The Morgan fingerprint density at radius 3 is 2.50 bits per heavy atom. The third kappa shape index (κ3) is 5.82. The molecule has 0 atom stereocenters. The number of ether oxygens (including phenoxy) is 1. The molecule has 0 aromatic heterocycles. The van der Waals surface area contributed by atoms with E-state index in [1.165, 1.54) is 10.5 Å². The summed E-state index contributed by atoms with van der Waals surface area (Å²) in [6.07, 6.45) is 1.000. The van der Waals surface area contributed by atoms with Crippen LogP contribution in [0.25, 0.3) is 0 Å². The predicted octanol–water partition coefficient (Wildman–Crippen LogP) is 3.54. The summed E-state index contributed by atoms with van der Waals surface area (Å²) in [7, 11) is 0. The van der Waals surface area contributed by atoms with Gasteiger partial charge in [0.25, 0.3) is 5.91 Å². The first-order valence-corrected chi connectivity index (χ1v) is 8.43. The largest absolute Gasteiger partial charge is 0.484 e. The Balaban J connectivity index is 1.61. The Bertz CT molecular complexity index is 569. The van der Waals surface area contributed by atoms with Gasteiger partial charge in [0.1, 0.15) is 5.75 Å². The Morgan fingerprint density at radius 2 is 1.82 bits per heavy atom. The fourth-order valence-corrected chi connectivity index (χ4v) is 2.69. The van der Waals surface area contributed by atoms with Gasteiger partial charge in [-0.2, -0.15) is 0 Å². The van der Waals surface area contributed by atoms with E-state index < -0.39 is 0 Å². The van der Waals surface area contributed by atoms with Crippen molar-refractivity contribution in [1.29, 1.82) is 0 Å². The molecule has 2 rings (SSSR count). The summed E-state index contributed by atoms with van der Waals surface area (Å²) in [5, 5.41) is 2.86. The van der Waals surface area contributed by atoms with Crippen LogP contribution in [0.5, 0.6) is 5.75 Å². The zero-order valence-electron chi connectivity index (χ0n) is 12.7. The lowest BCUT2D eigenvalue weighted by Gasteiger charge is -2.08. The SMILES string of the molecule is CCc1ccc(OCC(=O)NCCSc2ccccc2)cc1. The van der Waals surface area contributed by atoms with Crippen molar-refractivity contribution in [2.24, 2.45) is 0 Å². The molecule has 0 unspecified atom stereocenters. The second kappa shape index (κ2) is 9.15. The van der Waals surface area contributed by atoms with Crippen LogP contribution < -0.4 is 10.1 Å². The number of hydrogen-bond acceptors (Lipinski definition) is 3. The summed E-state index contributed by atoms with van der Waals surface area (Å²) in [6, 6.07) is 18.0. The Kier molecular flexibility index (Phi) is 6.84. The third-order valence-electron chi connectivity index (χ3n) is 3.14. The lowest BCUT2D eigenvalue weighted by atomic mass is 10.2. The van der Waals surface area contributed by atoms with Crippen molar-refractivity contribution in [1.82, 2.24) is 5.32 Å². The maximum atomic E-state index is 11.7. The number of thioether (sulfide) groups is 1. The van der Waals surface area contributed by atoms with Gasteiger partial charge in [0.2, 0.25) is 0 Å². The van der Waals surface area contributed by atoms with Gasteiger partial charge in [-0.15, -0.1) is 11.8 Å². The van der Waals surface area contributed by atoms with Crippen LogP contribution in [0.3, 0.4) is 0 Å². The van der Waals surface area contributed by atoms with Crippen LogP contribution in [0, 0.1) is 0 Å². The standard InChI is InChI=1S/C18H21NO2S/c1-2-15-8-10-16(11-9-15)21-14-18(20)19-12-13-22-17-6-4-3-5-7-17/h3-11H,2,12-14H2,1H3,(H,19,20). The van der Waals surface area contributed by atoms with Crippen LogP contribution in [-0.4, -0.2) is 24.8 Å². The third-order valence-corrected chi connectivity index (χ3v) is 4.15. The molecule has 0 saturated carbocycles. The van der Waals surface area contributed by atoms with Crippen molar-refractivity contribution >= 4 is 17.7 Å². The molecule has 0 radical (unpaired) electrons. The fraction of sp³-hybridized carbons (Fsp3) is 0.278. The Labute approximate surface area is 136 Å². The molecule has 22 heavy (non-hydrogen) atoms. The normalized spacial score (nSPS) is 10.2. The molecule has 0 saturated heterocycles. The monoisotopic (exact) mass is 315 g/mol. The second-order valence-corrected chi connectivity index (χ2v) is 5.97. The summed E-state index contributed by atoms with van der Waals surface area (Å²) in [6.45, 7) is 2.80. The fourth-order valence-electron chi connectivity index (χ4n) is 1.90. The summed E-state index contributed by atoms with van der Waals surface area (Å²) < 4.78 is 5.46. The summed E-state index contributed by atoms with van der Waals surface area (Å²) in [5.41, 5.74) is 1.26. The van der Waals surface area contributed by atoms with Gasteiger partial charge in [0, 0.05) is 17.2 Å². The van der Waals surface area contributed by atoms with Gasteiger partial charge in [-0.05, 0) is 36.2 Å². The van der Waals surface area contributed by atoms with Gasteiger partial charge < -0.3 is 10.1 Å². The molecule has 0 spiro atoms. The van der Waals surface area contributed by atoms with Crippen molar-refractivity contribution in [3.8, 4) is 5.75 Å². The molecule has 0 heterocycles. The van der Waals surface area contributed by atoms with Gasteiger partial charge in [0.15, 0.2) is 6.61 Å². The molecule has 2 aromatic carbocycles. The van der Waals surface area contributed by atoms with Crippen LogP contribution in [0.15, 0.2) is 59.5 Å². The first-order valence-electron chi connectivity index (χ1n) is 7.44. The van der Waals surface area contributed by atoms with Crippen molar-refractivity contribution < 1.29 is 9.53 Å². The van der Waals surface area contributed by atoms with E-state index in [2.05, 4.69) is 24.4 Å². The van der Waals surface area contributed by atoms with E-state index in [1.54, 1.807) is 11.8 Å². The highest BCUT2D eigenvalue weighted by molar-refractivity contribution is 7.99. The molecule has 4 heteroatoms. The molecule has 3 nitrogen and oxygen atoms in total. The second-order valence-electron chi connectivity index (χ2n) is 4.80. The average molecular weight is 315 g/mol. The molecule has 0 aliphatic heterocycles. The number of nitrogens with one attached hydrogen (secondary N) is 1. The highest BCUT2D eigenvalue weighted by Crippen LogP contribution is 2.15. The zero-order valence-corrected chi connectivity index (χ0v) is 13.6. The minimum Gasteiger partial charge on any atom is -0.484 e. The van der Waals surface area contributed by atoms with Gasteiger partial charge in [-0.3, -0.25) is 4.79 Å². The first-order chi connectivity index (χ1) is 10.8. The van der Waals surface area contributed by atoms with Crippen LogP contribution in [-0.2, 0) is 11.2 Å². The minimum absolute atomic E-state index is 0.0570. The van der Waals surface area contributed by atoms with Crippen LogP contribution >= 0.6 is 11.8 Å². The van der Waals surface area contributed by atoms with E-state index >= 15 is 0 Å². The highest BCUT2D eigenvalue weighted by Gasteiger charge is 2.02. The number of amides is 1. The summed E-state index contributed by atoms with van der Waals surface area (Å²) >= 11 is 1.73. The number of carbonyl (C=O) groups is 1. The number of benzene rings is 2. The quantitative estimate of drug-likeness (QED) is 0.598. The number of carbonyl (C=O) groups excluding carboxylic acids is 1. The maximum absolute atomic E-state index is 11.7. The van der Waals surface area contributed by atoms with E-state index in [9.17, 15) is 4.79 Å². The van der Waals surface area contributed by atoms with Crippen LogP contribution in [0.4, 0.5) is 0 Å². The van der Waals surface area contributed by atoms with E-state index in [4.69, 9.17) is 4.74 Å². The number of rotatable bonds is 8. The number of aryl methyl sites for hydroxylation is 1. The Morgan fingerprint density at radius 1 is 1.09 bits per heavy atom. The lowest BCUT2D eigenvalue weighted by molar-refractivity contribution is -0.122. The molecule has 2 aromatic rings. The van der Waals surface area contributed by atoms with E-state index in [0.717, 1.165) is 17.9 Å². The summed E-state index contributed by atoms with van der Waals surface area (Å²) in [4.78, 5) is 12.9. The topological polar surface area (TPSA) is 38.3 Å². The Hall–Kier alpha value is -1.94. The molecule has 116 valence electrons. The molecule has 0 aliphatic rings. The molecule has 0 bridgehead atoms. The lowest BCUT2D eigenvalue weighted by Crippen LogP contribution is -2.30. The van der Waals surface area contributed by atoms with Crippen LogP contribution in [0.1, 0.15) is 12.5 Å². The van der Waals surface area contributed by atoms with Crippen molar-refractivity contribution in [2.75, 3.05) is 18.9 Å². The van der Waals surface area contributed by atoms with Gasteiger partial charge in [-0.25, -0.2) is 0 Å². The molecule has 0 fully saturated rings. The molecule has 0 aliphatic carbocycles. The van der Waals surface area contributed by atoms with Crippen molar-refractivity contribution in [3.63, 3.8) is 0 Å². The first kappa shape index (κ1) is 16.4. The molecule has 1 amide bonds. The molecular weight excluding hydrogens is 294 g/mol. The summed E-state index contributed by atoms with van der Waals surface area (Å²) in [5.74, 6) is 1.49. The molecule has 1 N–H and O–H groups in total. The van der Waals surface area contributed by atoms with Gasteiger partial charge in [0.05, 0.1) is 0 Å². The zero-order chi connectivity index (χ0) is 15.6. The van der Waals surface area contributed by atoms with Gasteiger partial charge >= 0.3 is 0 Å². The van der Waals surface area contributed by atoms with Crippen LogP contribution in [0.2, 0.25) is 0 Å². The number of hydrogen-bond donors (Lipinski definition) is 1. The predicted molar refractivity (Wildman–Crippen MR) is 91.5 cm³/mol. The van der Waals surface area contributed by atoms with Gasteiger partial charge in [-0.1, -0.05) is 37.3 Å². The van der Waals surface area contributed by atoms with E-state index in [1.807, 2.05) is 42.5 Å². The maximum Gasteiger partial charge on any atom is 0.257 e. The highest BCUT2D eigenvalue weighted by atomic mass is 32.2. The molecular formula is C18H21NO2S. The van der Waals surface area contributed by atoms with Crippen molar-refractivity contribution in [2.45, 2.75) is 18.2 Å². The smallest absolute Gasteiger partial charge is 0.257 e. The average Bonchev–Trinajstić information content (AvgIpc) is 2.58. The van der Waals surface area contributed by atoms with Crippen molar-refractivity contribution in [3.05, 3.63) is 60.2 Å².